The zero-order valence-corrected chi connectivity index (χ0v) is 15.4. The Morgan fingerprint density at radius 3 is 2.25 bits per heavy atom. The summed E-state index contributed by atoms with van der Waals surface area (Å²) in [4.78, 5) is 44.7. The first-order valence-corrected chi connectivity index (χ1v) is 8.47. The number of esters is 1. The number of non-ortho nitro benzene ring substituents is 2. The van der Waals surface area contributed by atoms with Crippen LogP contribution in [0.4, 0.5) is 16.4 Å². The van der Waals surface area contributed by atoms with Gasteiger partial charge in [0.15, 0.2) is 0 Å². The van der Waals surface area contributed by atoms with Crippen LogP contribution in [0.2, 0.25) is 0 Å². The second kappa shape index (κ2) is 8.23. The molecule has 1 amide bonds. The van der Waals surface area contributed by atoms with E-state index in [0.717, 1.165) is 29.5 Å². The first-order chi connectivity index (χ1) is 13.2. The van der Waals surface area contributed by atoms with Crippen molar-refractivity contribution >= 4 is 39.6 Å². The third kappa shape index (κ3) is 4.10. The lowest BCUT2D eigenvalue weighted by atomic mass is 10.1. The van der Waals surface area contributed by atoms with Crippen LogP contribution in [-0.2, 0) is 4.74 Å². The Morgan fingerprint density at radius 2 is 1.79 bits per heavy atom. The Kier molecular flexibility index (Phi) is 6.01. The number of nitro benzene ring substituents is 2. The SMILES string of the molecule is CCOC(=O)c1sc(NC(=O)c2cc([N+](=O)[O-])cc([N+](=O)[O-])c2)c(C#N)c1C. The number of carbonyl (C=O) groups is 2. The van der Waals surface area contributed by atoms with Crippen molar-refractivity contribution < 1.29 is 24.2 Å². The third-order valence-electron chi connectivity index (χ3n) is 3.53. The van der Waals surface area contributed by atoms with E-state index < -0.39 is 33.1 Å². The number of thiophene rings is 1. The molecule has 0 unspecified atom stereocenters. The van der Waals surface area contributed by atoms with Crippen LogP contribution in [0.1, 0.15) is 38.1 Å². The van der Waals surface area contributed by atoms with Gasteiger partial charge in [-0.05, 0) is 19.4 Å². The van der Waals surface area contributed by atoms with Crippen molar-refractivity contribution in [2.24, 2.45) is 0 Å². The van der Waals surface area contributed by atoms with E-state index in [-0.39, 0.29) is 27.6 Å². The van der Waals surface area contributed by atoms with Gasteiger partial charge in [-0.25, -0.2) is 4.79 Å². The molecular weight excluding hydrogens is 392 g/mol. The predicted octanol–water partition coefficient (Wildman–Crippen LogP) is 3.17. The van der Waals surface area contributed by atoms with E-state index in [1.165, 1.54) is 6.92 Å². The Hall–Kier alpha value is -3.85. The summed E-state index contributed by atoms with van der Waals surface area (Å²) < 4.78 is 4.89. The van der Waals surface area contributed by atoms with Gasteiger partial charge in [-0.15, -0.1) is 11.3 Å². The average Bonchev–Trinajstić information content (AvgIpc) is 2.96. The van der Waals surface area contributed by atoms with Gasteiger partial charge in [0.05, 0.1) is 33.6 Å². The van der Waals surface area contributed by atoms with Crippen LogP contribution >= 0.6 is 11.3 Å². The average molecular weight is 404 g/mol. The van der Waals surface area contributed by atoms with Gasteiger partial charge in [-0.2, -0.15) is 5.26 Å². The number of nitro groups is 2. The second-order valence-corrected chi connectivity index (χ2v) is 6.32. The summed E-state index contributed by atoms with van der Waals surface area (Å²) in [5, 5.41) is 33.6. The van der Waals surface area contributed by atoms with Gasteiger partial charge in [-0.3, -0.25) is 25.0 Å². The zero-order valence-electron chi connectivity index (χ0n) is 14.5. The van der Waals surface area contributed by atoms with Crippen molar-refractivity contribution in [2.75, 3.05) is 11.9 Å². The maximum absolute atomic E-state index is 12.5. The number of rotatable bonds is 6. The van der Waals surface area contributed by atoms with Crippen LogP contribution in [0, 0.1) is 38.5 Å². The summed E-state index contributed by atoms with van der Waals surface area (Å²) in [5.41, 5.74) is -1.26. The molecule has 0 saturated carbocycles. The van der Waals surface area contributed by atoms with Gasteiger partial charge in [0.25, 0.3) is 17.3 Å². The summed E-state index contributed by atoms with van der Waals surface area (Å²) >= 11 is 0.806. The first-order valence-electron chi connectivity index (χ1n) is 7.65. The van der Waals surface area contributed by atoms with Crippen molar-refractivity contribution in [3.05, 3.63) is 60.0 Å². The molecule has 1 aromatic carbocycles. The van der Waals surface area contributed by atoms with Crippen LogP contribution in [0.25, 0.3) is 0 Å². The molecule has 0 spiro atoms. The summed E-state index contributed by atoms with van der Waals surface area (Å²) in [6.07, 6.45) is 0. The van der Waals surface area contributed by atoms with Gasteiger partial charge in [0.1, 0.15) is 15.9 Å². The molecule has 11 nitrogen and oxygen atoms in total. The largest absolute Gasteiger partial charge is 0.462 e. The molecule has 0 fully saturated rings. The Labute approximate surface area is 161 Å². The highest BCUT2D eigenvalue weighted by molar-refractivity contribution is 7.18. The second-order valence-electron chi connectivity index (χ2n) is 5.30. The lowest BCUT2D eigenvalue weighted by Gasteiger charge is -2.04. The molecule has 12 heteroatoms. The summed E-state index contributed by atoms with van der Waals surface area (Å²) in [6, 6.07) is 4.35. The van der Waals surface area contributed by atoms with Crippen molar-refractivity contribution in [1.29, 1.82) is 5.26 Å². The van der Waals surface area contributed by atoms with E-state index in [9.17, 15) is 35.1 Å². The molecular formula is C16H12N4O7S. The van der Waals surface area contributed by atoms with E-state index in [2.05, 4.69) is 5.32 Å². The fourth-order valence-electron chi connectivity index (χ4n) is 2.24. The van der Waals surface area contributed by atoms with Crippen LogP contribution in [0.15, 0.2) is 18.2 Å². The van der Waals surface area contributed by atoms with E-state index in [0.29, 0.717) is 5.56 Å². The van der Waals surface area contributed by atoms with Gasteiger partial charge in [-0.1, -0.05) is 0 Å². The molecule has 1 N–H and O–H groups in total. The van der Waals surface area contributed by atoms with Crippen LogP contribution < -0.4 is 5.32 Å². The van der Waals surface area contributed by atoms with Gasteiger partial charge < -0.3 is 10.1 Å². The molecule has 144 valence electrons. The molecule has 1 heterocycles. The van der Waals surface area contributed by atoms with Crippen molar-refractivity contribution in [3.63, 3.8) is 0 Å². The molecule has 0 aliphatic carbocycles. The monoisotopic (exact) mass is 404 g/mol. The quantitative estimate of drug-likeness (QED) is 0.435. The maximum Gasteiger partial charge on any atom is 0.348 e. The minimum Gasteiger partial charge on any atom is -0.462 e. The summed E-state index contributed by atoms with van der Waals surface area (Å²) in [7, 11) is 0. The number of hydrogen-bond donors (Lipinski definition) is 1. The minimum atomic E-state index is -0.903. The highest BCUT2D eigenvalue weighted by atomic mass is 32.1. The fourth-order valence-corrected chi connectivity index (χ4v) is 3.29. The van der Waals surface area contributed by atoms with Crippen molar-refractivity contribution in [3.8, 4) is 6.07 Å². The molecule has 1 aromatic heterocycles. The summed E-state index contributed by atoms with van der Waals surface area (Å²) in [5.74, 6) is -1.56. The Balaban J connectivity index is 2.44. The molecule has 0 saturated heterocycles. The van der Waals surface area contributed by atoms with Gasteiger partial charge >= 0.3 is 5.97 Å². The van der Waals surface area contributed by atoms with E-state index in [4.69, 9.17) is 4.74 Å². The minimum absolute atomic E-state index is 0.0290. The van der Waals surface area contributed by atoms with Crippen LogP contribution in [0.5, 0.6) is 0 Å². The zero-order chi connectivity index (χ0) is 21.0. The highest BCUT2D eigenvalue weighted by Gasteiger charge is 2.24. The normalized spacial score (nSPS) is 10.0. The number of ether oxygens (including phenoxy) is 1. The van der Waals surface area contributed by atoms with Gasteiger partial charge in [0.2, 0.25) is 0 Å². The maximum atomic E-state index is 12.5. The molecule has 0 aliphatic rings. The predicted molar refractivity (Wildman–Crippen MR) is 97.4 cm³/mol. The van der Waals surface area contributed by atoms with E-state index in [1.54, 1.807) is 6.92 Å². The van der Waals surface area contributed by atoms with Crippen molar-refractivity contribution in [2.45, 2.75) is 13.8 Å². The molecule has 2 aromatic rings. The number of nitrogens with one attached hydrogen (secondary N) is 1. The van der Waals surface area contributed by atoms with E-state index >= 15 is 0 Å². The topological polar surface area (TPSA) is 165 Å². The lowest BCUT2D eigenvalue weighted by Crippen LogP contribution is -2.12. The van der Waals surface area contributed by atoms with Crippen LogP contribution in [0.3, 0.4) is 0 Å². The number of anilines is 1. The smallest absolute Gasteiger partial charge is 0.348 e. The summed E-state index contributed by atoms with van der Waals surface area (Å²) in [6.45, 7) is 3.25. The number of benzene rings is 1. The van der Waals surface area contributed by atoms with Crippen LogP contribution in [-0.4, -0.2) is 28.3 Å². The molecule has 28 heavy (non-hydrogen) atoms. The number of hydrogen-bond acceptors (Lipinski definition) is 9. The molecule has 0 radical (unpaired) electrons. The van der Waals surface area contributed by atoms with Crippen molar-refractivity contribution in [1.82, 2.24) is 0 Å². The van der Waals surface area contributed by atoms with Gasteiger partial charge in [0, 0.05) is 12.1 Å². The Morgan fingerprint density at radius 1 is 1.21 bits per heavy atom. The van der Waals surface area contributed by atoms with E-state index in [1.807, 2.05) is 6.07 Å². The Bertz CT molecular complexity index is 1010. The standard InChI is InChI=1S/C16H12N4O7S/c1-3-27-16(22)13-8(2)12(7-17)15(28-13)18-14(21)9-4-10(19(23)24)6-11(5-9)20(25)26/h4-6H,3H2,1-2H3,(H,18,21). The molecule has 2 rings (SSSR count). The third-order valence-corrected chi connectivity index (χ3v) is 4.72. The molecule has 0 bridgehead atoms. The fraction of sp³-hybridized carbons (Fsp3) is 0.188. The first kappa shape index (κ1) is 20.5. The molecule has 0 aliphatic heterocycles. The number of amides is 1. The number of carbonyl (C=O) groups excluding carboxylic acids is 2. The molecule has 0 atom stereocenters. The highest BCUT2D eigenvalue weighted by Crippen LogP contribution is 2.33. The lowest BCUT2D eigenvalue weighted by molar-refractivity contribution is -0.394. The number of nitriles is 1. The number of nitrogens with zero attached hydrogens (tertiary/aromatic N) is 3.